The first-order chi connectivity index (χ1) is 11.0. The third-order valence-corrected chi connectivity index (χ3v) is 5.89. The zero-order valence-corrected chi connectivity index (χ0v) is 13.7. The largest absolute Gasteiger partial charge is 0.328 e. The van der Waals surface area contributed by atoms with Crippen LogP contribution in [0.3, 0.4) is 0 Å². The van der Waals surface area contributed by atoms with E-state index in [1.807, 2.05) is 18.2 Å². The summed E-state index contributed by atoms with van der Waals surface area (Å²) in [6.07, 6.45) is 5.86. The number of aryl methyl sites for hydroxylation is 2. The van der Waals surface area contributed by atoms with Crippen molar-refractivity contribution >= 4 is 22.6 Å². The molecule has 2 bridgehead atoms. The highest BCUT2D eigenvalue weighted by molar-refractivity contribution is 5.93. The minimum atomic E-state index is -0.0505. The Balaban J connectivity index is 1.50. The highest BCUT2D eigenvalue weighted by Gasteiger charge is 2.40. The minimum absolute atomic E-state index is 0.0505. The molecule has 0 saturated heterocycles. The van der Waals surface area contributed by atoms with Gasteiger partial charge in [-0.3, -0.25) is 13.9 Å². The Labute approximate surface area is 135 Å². The van der Waals surface area contributed by atoms with Crippen molar-refractivity contribution < 1.29 is 4.79 Å². The molecule has 122 valence electrons. The molecule has 1 N–H and O–H groups in total. The number of hydrogen-bond acceptors (Lipinski definition) is 2. The van der Waals surface area contributed by atoms with Gasteiger partial charge in [-0.25, -0.2) is 4.79 Å². The van der Waals surface area contributed by atoms with Crippen LogP contribution in [0.25, 0.3) is 11.0 Å². The lowest BCUT2D eigenvalue weighted by Gasteiger charge is -2.20. The number of carbonyl (C=O) groups is 1. The fourth-order valence-electron chi connectivity index (χ4n) is 4.66. The van der Waals surface area contributed by atoms with Crippen molar-refractivity contribution in [1.82, 2.24) is 9.13 Å². The molecule has 1 heterocycles. The first kappa shape index (κ1) is 14.5. The molecule has 0 unspecified atom stereocenters. The van der Waals surface area contributed by atoms with Crippen LogP contribution in [0.4, 0.5) is 5.69 Å². The van der Waals surface area contributed by atoms with Crippen molar-refractivity contribution in [2.75, 3.05) is 5.32 Å². The molecule has 3 atom stereocenters. The Morgan fingerprint density at radius 1 is 1.17 bits per heavy atom. The molecule has 4 rings (SSSR count). The Bertz CT molecular complexity index is 833. The second kappa shape index (κ2) is 5.25. The van der Waals surface area contributed by atoms with E-state index >= 15 is 0 Å². The quantitative estimate of drug-likeness (QED) is 0.947. The van der Waals surface area contributed by atoms with Gasteiger partial charge in [0.25, 0.3) is 0 Å². The molecular weight excluding hydrogens is 290 g/mol. The van der Waals surface area contributed by atoms with E-state index in [0.717, 1.165) is 28.6 Å². The molecule has 5 nitrogen and oxygen atoms in total. The molecule has 2 saturated carbocycles. The summed E-state index contributed by atoms with van der Waals surface area (Å²) in [7, 11) is 3.52. The second-order valence-electron chi connectivity index (χ2n) is 7.29. The standard InChI is InChI=1S/C18H23N3O2/c1-20-15-6-5-14(10-16(15)21(2)18(20)23)19-17(22)9-13-8-11-3-4-12(13)7-11/h5-6,10-13H,3-4,7-9H2,1-2H3,(H,19,22)/t11-,12-,13-/m0/s1. The zero-order valence-electron chi connectivity index (χ0n) is 13.7. The molecule has 1 aromatic heterocycles. The predicted molar refractivity (Wildman–Crippen MR) is 90.3 cm³/mol. The van der Waals surface area contributed by atoms with Gasteiger partial charge in [0.2, 0.25) is 5.91 Å². The summed E-state index contributed by atoms with van der Waals surface area (Å²) in [5, 5.41) is 3.01. The van der Waals surface area contributed by atoms with Crippen molar-refractivity contribution in [2.24, 2.45) is 31.8 Å². The van der Waals surface area contributed by atoms with Crippen LogP contribution in [0.2, 0.25) is 0 Å². The predicted octanol–water partition coefficient (Wildman–Crippen LogP) is 2.64. The topological polar surface area (TPSA) is 56.0 Å². The van der Waals surface area contributed by atoms with Gasteiger partial charge in [-0.15, -0.1) is 0 Å². The number of imidazole rings is 1. The average Bonchev–Trinajstić information content (AvgIpc) is 3.19. The van der Waals surface area contributed by atoms with Gasteiger partial charge in [-0.2, -0.15) is 0 Å². The smallest absolute Gasteiger partial charge is 0.326 e. The second-order valence-corrected chi connectivity index (χ2v) is 7.29. The number of amides is 1. The number of carbonyl (C=O) groups excluding carboxylic acids is 1. The van der Waals surface area contributed by atoms with Gasteiger partial charge >= 0.3 is 5.69 Å². The van der Waals surface area contributed by atoms with Crippen molar-refractivity contribution in [3.8, 4) is 0 Å². The van der Waals surface area contributed by atoms with Crippen molar-refractivity contribution in [3.05, 3.63) is 28.7 Å². The van der Waals surface area contributed by atoms with Crippen molar-refractivity contribution in [1.29, 1.82) is 0 Å². The maximum Gasteiger partial charge on any atom is 0.328 e. The summed E-state index contributed by atoms with van der Waals surface area (Å²) < 4.78 is 3.23. The van der Waals surface area contributed by atoms with Crippen LogP contribution in [0.5, 0.6) is 0 Å². The Kier molecular flexibility index (Phi) is 3.32. The maximum atomic E-state index is 12.4. The first-order valence-corrected chi connectivity index (χ1v) is 8.48. The molecule has 2 aliphatic carbocycles. The SMILES string of the molecule is Cn1c(=O)n(C)c2cc(NC(=O)C[C@@H]3C[C@H]4CC[C@H]3C4)ccc21. The molecule has 1 aromatic carbocycles. The molecule has 2 fully saturated rings. The number of nitrogens with zero attached hydrogens (tertiary/aromatic N) is 2. The van der Waals surface area contributed by atoms with E-state index in [1.54, 1.807) is 23.2 Å². The van der Waals surface area contributed by atoms with E-state index in [9.17, 15) is 9.59 Å². The van der Waals surface area contributed by atoms with E-state index in [0.29, 0.717) is 12.3 Å². The highest BCUT2D eigenvalue weighted by Crippen LogP contribution is 2.49. The van der Waals surface area contributed by atoms with Gasteiger partial charge < -0.3 is 5.32 Å². The lowest BCUT2D eigenvalue weighted by molar-refractivity contribution is -0.117. The number of aromatic nitrogens is 2. The molecule has 23 heavy (non-hydrogen) atoms. The third-order valence-electron chi connectivity index (χ3n) is 5.89. The van der Waals surface area contributed by atoms with E-state index in [-0.39, 0.29) is 11.6 Å². The Morgan fingerprint density at radius 3 is 2.65 bits per heavy atom. The van der Waals surface area contributed by atoms with E-state index in [2.05, 4.69) is 5.32 Å². The van der Waals surface area contributed by atoms with Gasteiger partial charge in [-0.1, -0.05) is 6.42 Å². The highest BCUT2D eigenvalue weighted by atomic mass is 16.2. The summed E-state index contributed by atoms with van der Waals surface area (Å²) in [4.78, 5) is 24.3. The van der Waals surface area contributed by atoms with Crippen LogP contribution < -0.4 is 11.0 Å². The molecule has 0 aliphatic heterocycles. The van der Waals surface area contributed by atoms with Crippen LogP contribution in [0.15, 0.2) is 23.0 Å². The number of fused-ring (bicyclic) bond motifs is 3. The molecular formula is C18H23N3O2. The molecule has 0 spiro atoms. The monoisotopic (exact) mass is 313 g/mol. The van der Waals surface area contributed by atoms with Gasteiger partial charge in [0.15, 0.2) is 0 Å². The number of hydrogen-bond donors (Lipinski definition) is 1. The van der Waals surface area contributed by atoms with Crippen molar-refractivity contribution in [3.63, 3.8) is 0 Å². The Morgan fingerprint density at radius 2 is 1.96 bits per heavy atom. The molecule has 0 radical (unpaired) electrons. The number of rotatable bonds is 3. The van der Waals surface area contributed by atoms with Crippen LogP contribution in [0, 0.1) is 17.8 Å². The summed E-state index contributed by atoms with van der Waals surface area (Å²) in [5.74, 6) is 2.30. The maximum absolute atomic E-state index is 12.4. The van der Waals surface area contributed by atoms with E-state index < -0.39 is 0 Å². The molecule has 2 aliphatic rings. The van der Waals surface area contributed by atoms with E-state index in [4.69, 9.17) is 0 Å². The summed E-state index contributed by atoms with van der Waals surface area (Å²) in [6, 6.07) is 5.65. The Hall–Kier alpha value is -2.04. The van der Waals surface area contributed by atoms with Gasteiger partial charge in [0.05, 0.1) is 11.0 Å². The lowest BCUT2D eigenvalue weighted by atomic mass is 9.86. The summed E-state index contributed by atoms with van der Waals surface area (Å²) in [6.45, 7) is 0. The number of benzene rings is 1. The van der Waals surface area contributed by atoms with Gasteiger partial charge in [0, 0.05) is 26.2 Å². The average molecular weight is 313 g/mol. The van der Waals surface area contributed by atoms with Crippen molar-refractivity contribution in [2.45, 2.75) is 32.1 Å². The molecule has 1 amide bonds. The summed E-state index contributed by atoms with van der Waals surface area (Å²) in [5.41, 5.74) is 2.44. The fraction of sp³-hybridized carbons (Fsp3) is 0.556. The normalized spacial score (nSPS) is 26.1. The van der Waals surface area contributed by atoms with Gasteiger partial charge in [0.1, 0.15) is 0 Å². The molecule has 2 aromatic rings. The fourth-order valence-corrected chi connectivity index (χ4v) is 4.66. The van der Waals surface area contributed by atoms with Crippen LogP contribution in [-0.2, 0) is 18.9 Å². The first-order valence-electron chi connectivity index (χ1n) is 8.48. The molecule has 5 heteroatoms. The third kappa shape index (κ3) is 2.38. The minimum Gasteiger partial charge on any atom is -0.326 e. The van der Waals surface area contributed by atoms with Crippen LogP contribution in [0.1, 0.15) is 32.1 Å². The van der Waals surface area contributed by atoms with Gasteiger partial charge in [-0.05, 0) is 55.2 Å². The van der Waals surface area contributed by atoms with Crippen LogP contribution >= 0.6 is 0 Å². The number of nitrogens with one attached hydrogen (secondary N) is 1. The van der Waals surface area contributed by atoms with Crippen LogP contribution in [-0.4, -0.2) is 15.0 Å². The van der Waals surface area contributed by atoms with E-state index in [1.165, 1.54) is 25.7 Å². The lowest BCUT2D eigenvalue weighted by Crippen LogP contribution is -2.20. The number of anilines is 1. The summed E-state index contributed by atoms with van der Waals surface area (Å²) >= 11 is 0. The zero-order chi connectivity index (χ0) is 16.1.